The van der Waals surface area contributed by atoms with E-state index in [1.807, 2.05) is 17.9 Å². The largest absolute Gasteiger partial charge is 0.370 e. The van der Waals surface area contributed by atoms with Crippen molar-refractivity contribution in [3.63, 3.8) is 0 Å². The Morgan fingerprint density at radius 2 is 2.24 bits per heavy atom. The summed E-state index contributed by atoms with van der Waals surface area (Å²) in [5.74, 6) is 1.15. The molecule has 90 valence electrons. The zero-order valence-electron chi connectivity index (χ0n) is 10.4. The van der Waals surface area contributed by atoms with Gasteiger partial charge in [0.05, 0.1) is 17.4 Å². The van der Waals surface area contributed by atoms with Gasteiger partial charge in [0.1, 0.15) is 5.82 Å². The lowest BCUT2D eigenvalue weighted by atomic mass is 10.1. The third-order valence-corrected chi connectivity index (χ3v) is 3.59. The molecule has 17 heavy (non-hydrogen) atoms. The number of nitrogens with zero attached hydrogens (tertiary/aromatic N) is 4. The minimum Gasteiger partial charge on any atom is -0.370 e. The summed E-state index contributed by atoms with van der Waals surface area (Å²) in [6, 6.07) is 2.37. The maximum atomic E-state index is 4.64. The van der Waals surface area contributed by atoms with E-state index in [0.29, 0.717) is 6.04 Å². The fourth-order valence-corrected chi connectivity index (χ4v) is 2.50. The third kappa shape index (κ3) is 1.45. The standard InChI is InChI=1S/C12H17N5/c1-8-9(2)15-17-11(4-6-13-12(8)17)10-5-7-14-16(10)3/h5,7,11,13H,4,6H2,1-3H3. The van der Waals surface area contributed by atoms with Crippen LogP contribution >= 0.6 is 0 Å². The normalized spacial score (nSPS) is 18.9. The highest BCUT2D eigenvalue weighted by Gasteiger charge is 2.26. The minimum absolute atomic E-state index is 0.297. The molecule has 3 rings (SSSR count). The second-order valence-electron chi connectivity index (χ2n) is 4.61. The number of aromatic nitrogens is 4. The average molecular weight is 231 g/mol. The summed E-state index contributed by atoms with van der Waals surface area (Å²) in [7, 11) is 1.99. The van der Waals surface area contributed by atoms with Gasteiger partial charge >= 0.3 is 0 Å². The van der Waals surface area contributed by atoms with E-state index in [4.69, 9.17) is 0 Å². The van der Waals surface area contributed by atoms with Crippen LogP contribution in [-0.2, 0) is 7.05 Å². The fraction of sp³-hybridized carbons (Fsp3) is 0.500. The van der Waals surface area contributed by atoms with Crippen LogP contribution in [-0.4, -0.2) is 26.1 Å². The summed E-state index contributed by atoms with van der Waals surface area (Å²) < 4.78 is 4.04. The van der Waals surface area contributed by atoms with Gasteiger partial charge in [-0.1, -0.05) is 0 Å². The summed E-state index contributed by atoms with van der Waals surface area (Å²) in [4.78, 5) is 0. The topological polar surface area (TPSA) is 47.7 Å². The van der Waals surface area contributed by atoms with Gasteiger partial charge in [-0.05, 0) is 26.3 Å². The maximum Gasteiger partial charge on any atom is 0.128 e. The van der Waals surface area contributed by atoms with Crippen LogP contribution in [0.3, 0.4) is 0 Å². The van der Waals surface area contributed by atoms with Crippen molar-refractivity contribution in [2.24, 2.45) is 7.05 Å². The Morgan fingerprint density at radius 1 is 1.41 bits per heavy atom. The number of fused-ring (bicyclic) bond motifs is 1. The van der Waals surface area contributed by atoms with E-state index in [2.05, 4.69) is 40.1 Å². The predicted molar refractivity (Wildman–Crippen MR) is 66.2 cm³/mol. The van der Waals surface area contributed by atoms with Gasteiger partial charge in [-0.25, -0.2) is 4.68 Å². The maximum absolute atomic E-state index is 4.64. The van der Waals surface area contributed by atoms with Gasteiger partial charge in [0.15, 0.2) is 0 Å². The zero-order valence-corrected chi connectivity index (χ0v) is 10.4. The Labute approximate surface area is 100 Å². The predicted octanol–water partition coefficient (Wildman–Crippen LogP) is 1.64. The molecule has 2 aromatic rings. The molecular formula is C12H17N5. The summed E-state index contributed by atoms with van der Waals surface area (Å²) >= 11 is 0. The van der Waals surface area contributed by atoms with E-state index in [1.165, 1.54) is 11.3 Å². The van der Waals surface area contributed by atoms with Crippen LogP contribution in [0.5, 0.6) is 0 Å². The minimum atomic E-state index is 0.297. The molecule has 1 aliphatic heterocycles. The van der Waals surface area contributed by atoms with Crippen LogP contribution < -0.4 is 5.32 Å². The first kappa shape index (κ1) is 10.4. The molecule has 0 amide bonds. The SMILES string of the molecule is Cc1nn2c(c1C)NCCC2c1ccnn1C. The van der Waals surface area contributed by atoms with Crippen molar-refractivity contribution in [2.45, 2.75) is 26.3 Å². The number of hydrogen-bond acceptors (Lipinski definition) is 3. The molecule has 2 aromatic heterocycles. The first-order valence-electron chi connectivity index (χ1n) is 5.96. The third-order valence-electron chi connectivity index (χ3n) is 3.59. The smallest absolute Gasteiger partial charge is 0.128 e. The summed E-state index contributed by atoms with van der Waals surface area (Å²) in [6.45, 7) is 5.16. The molecule has 1 atom stereocenters. The van der Waals surface area contributed by atoms with Crippen LogP contribution in [0.15, 0.2) is 12.3 Å². The number of anilines is 1. The first-order valence-corrected chi connectivity index (χ1v) is 5.96. The lowest BCUT2D eigenvalue weighted by Crippen LogP contribution is -2.26. The van der Waals surface area contributed by atoms with E-state index in [0.717, 1.165) is 24.5 Å². The molecule has 5 nitrogen and oxygen atoms in total. The molecule has 0 fully saturated rings. The molecule has 0 bridgehead atoms. The Kier molecular flexibility index (Phi) is 2.21. The van der Waals surface area contributed by atoms with Crippen LogP contribution in [0.4, 0.5) is 5.82 Å². The van der Waals surface area contributed by atoms with E-state index >= 15 is 0 Å². The zero-order chi connectivity index (χ0) is 12.0. The number of nitrogens with one attached hydrogen (secondary N) is 1. The quantitative estimate of drug-likeness (QED) is 0.811. The van der Waals surface area contributed by atoms with Crippen LogP contribution in [0.2, 0.25) is 0 Å². The summed E-state index contributed by atoms with van der Waals surface area (Å²) in [5, 5.41) is 12.3. The van der Waals surface area contributed by atoms with Crippen LogP contribution in [0, 0.1) is 13.8 Å². The van der Waals surface area contributed by atoms with E-state index in [-0.39, 0.29) is 0 Å². The van der Waals surface area contributed by atoms with Gasteiger partial charge in [-0.2, -0.15) is 10.2 Å². The molecule has 0 saturated heterocycles. The monoisotopic (exact) mass is 231 g/mol. The number of hydrogen-bond donors (Lipinski definition) is 1. The molecular weight excluding hydrogens is 214 g/mol. The Hall–Kier alpha value is -1.78. The molecule has 0 spiro atoms. The highest BCUT2D eigenvalue weighted by molar-refractivity contribution is 5.49. The Balaban J connectivity index is 2.12. The number of rotatable bonds is 1. The van der Waals surface area contributed by atoms with Crippen LogP contribution in [0.25, 0.3) is 0 Å². The second kappa shape index (κ2) is 3.61. The fourth-order valence-electron chi connectivity index (χ4n) is 2.50. The molecule has 0 aliphatic carbocycles. The van der Waals surface area contributed by atoms with Gasteiger partial charge < -0.3 is 5.32 Å². The highest BCUT2D eigenvalue weighted by atomic mass is 15.4. The van der Waals surface area contributed by atoms with Crippen LogP contribution in [0.1, 0.15) is 29.4 Å². The molecule has 1 N–H and O–H groups in total. The second-order valence-corrected chi connectivity index (χ2v) is 4.61. The number of aryl methyl sites for hydroxylation is 2. The van der Waals surface area contributed by atoms with Crippen molar-refractivity contribution in [3.8, 4) is 0 Å². The first-order chi connectivity index (χ1) is 8.18. The molecule has 0 saturated carbocycles. The molecule has 1 aliphatic rings. The summed E-state index contributed by atoms with van der Waals surface area (Å²) in [5.41, 5.74) is 3.56. The van der Waals surface area contributed by atoms with Crippen molar-refractivity contribution in [3.05, 3.63) is 29.2 Å². The van der Waals surface area contributed by atoms with E-state index in [1.54, 1.807) is 0 Å². The Bertz CT molecular complexity index is 551. The van der Waals surface area contributed by atoms with Gasteiger partial charge in [0, 0.05) is 25.4 Å². The van der Waals surface area contributed by atoms with Crippen molar-refractivity contribution in [1.29, 1.82) is 0 Å². The van der Waals surface area contributed by atoms with Gasteiger partial charge in [0.25, 0.3) is 0 Å². The lowest BCUT2D eigenvalue weighted by Gasteiger charge is -2.26. The van der Waals surface area contributed by atoms with Gasteiger partial charge in [-0.3, -0.25) is 4.68 Å². The molecule has 0 radical (unpaired) electrons. The lowest BCUT2D eigenvalue weighted by molar-refractivity contribution is 0.450. The van der Waals surface area contributed by atoms with Crippen molar-refractivity contribution in [2.75, 3.05) is 11.9 Å². The Morgan fingerprint density at radius 3 is 2.94 bits per heavy atom. The molecule has 3 heterocycles. The molecule has 1 unspecified atom stereocenters. The van der Waals surface area contributed by atoms with Gasteiger partial charge in [0.2, 0.25) is 0 Å². The van der Waals surface area contributed by atoms with Crippen molar-refractivity contribution >= 4 is 5.82 Å². The van der Waals surface area contributed by atoms with Gasteiger partial charge in [-0.15, -0.1) is 0 Å². The van der Waals surface area contributed by atoms with E-state index < -0.39 is 0 Å². The van der Waals surface area contributed by atoms with Crippen molar-refractivity contribution < 1.29 is 0 Å². The van der Waals surface area contributed by atoms with Crippen molar-refractivity contribution in [1.82, 2.24) is 19.6 Å². The average Bonchev–Trinajstić information content (AvgIpc) is 2.85. The summed E-state index contributed by atoms with van der Waals surface area (Å²) in [6.07, 6.45) is 2.90. The molecule has 5 heteroatoms. The molecule has 0 aromatic carbocycles. The van der Waals surface area contributed by atoms with E-state index in [9.17, 15) is 0 Å². The highest BCUT2D eigenvalue weighted by Crippen LogP contribution is 2.31.